The molecule has 12 aliphatic rings. The van der Waals surface area contributed by atoms with E-state index in [0.29, 0.717) is 36.9 Å². The molecule has 3 aromatic heterocycles. The summed E-state index contributed by atoms with van der Waals surface area (Å²) in [7, 11) is -8.90. The summed E-state index contributed by atoms with van der Waals surface area (Å²) in [6.45, 7) is 14.7. The molecule has 36 heteroatoms. The molecule has 18 rings (SSSR count). The van der Waals surface area contributed by atoms with Gasteiger partial charge < -0.3 is 86.7 Å². The van der Waals surface area contributed by atoms with E-state index in [0.717, 1.165) is 201 Å². The summed E-state index contributed by atoms with van der Waals surface area (Å²) >= 11 is 0. The molecule has 6 N–H and O–H groups in total. The molecule has 9 heterocycles. The minimum atomic E-state index is -4.65. The Morgan fingerprint density at radius 1 is 0.458 bits per heavy atom. The van der Waals surface area contributed by atoms with Gasteiger partial charge in [-0.05, 0) is 256 Å². The highest BCUT2D eigenvalue weighted by atomic mass is 31.2. The van der Waals surface area contributed by atoms with E-state index in [-0.39, 0.29) is 187 Å². The Hall–Kier alpha value is -9.29. The summed E-state index contributed by atoms with van der Waals surface area (Å²) in [6, 6.07) is 14.8. The third kappa shape index (κ3) is 23.7. The maximum atomic E-state index is 14.6. The number of allylic oxidation sites excluding steroid dienone is 1. The molecule has 3 amide bonds. The van der Waals surface area contributed by atoms with Crippen LogP contribution in [-0.2, 0) is 90.3 Å². The van der Waals surface area contributed by atoms with Gasteiger partial charge in [0.15, 0.2) is 17.3 Å². The molecule has 6 unspecified atom stereocenters. The Kier molecular flexibility index (Phi) is 33.6. The highest BCUT2D eigenvalue weighted by Crippen LogP contribution is 2.74. The summed E-state index contributed by atoms with van der Waals surface area (Å²) in [5.74, 6) is -2.76. The smallest absolute Gasteiger partial charge is 0.332 e. The summed E-state index contributed by atoms with van der Waals surface area (Å²) in [5, 5.41) is 0.751. The van der Waals surface area contributed by atoms with E-state index in [2.05, 4.69) is 35.4 Å². The molecule has 9 fully saturated rings. The van der Waals surface area contributed by atoms with Crippen LogP contribution in [0, 0.1) is 64.6 Å². The van der Waals surface area contributed by atoms with Crippen LogP contribution in [0.3, 0.4) is 0 Å². The Balaban J connectivity index is 0.000000155. The van der Waals surface area contributed by atoms with Gasteiger partial charge in [0.2, 0.25) is 35.4 Å². The molecule has 6 aromatic rings. The number of cyclic esters (lactones) is 3. The first kappa shape index (κ1) is 107. The van der Waals surface area contributed by atoms with E-state index in [4.69, 9.17) is 42.6 Å². The Morgan fingerprint density at radius 3 is 1.16 bits per heavy atom. The van der Waals surface area contributed by atoms with Gasteiger partial charge in [-0.15, -0.1) is 6.58 Å². The number of nitrogens with zero attached hydrogens (tertiary/aromatic N) is 6. The van der Waals surface area contributed by atoms with Crippen molar-refractivity contribution in [2.75, 3.05) is 60.8 Å². The van der Waals surface area contributed by atoms with Crippen LogP contribution in [0.4, 0.5) is 0 Å². The van der Waals surface area contributed by atoms with Crippen molar-refractivity contribution in [2.24, 2.45) is 64.6 Å². The SMILES string of the molecule is C=CC1CC1(CC(=O)[C@@H]1C[C@@H]2CN1C(=O)[C@H](C1CCCC1)CC(=O)OC[C@H](C)CCCc1cc3c(nccc3cc1OC)O2)P(=O)(O)O.CCC1CC1(CC(=O)[C@@H]1C[C@@H]2CN1C(=O)[C@H](C1CCCC1)CC(=O)OCC(C)(C)CCCc1cc3c(nccc3cc1OC)O2)P(=O)(O)O.CCC1CC1(CC(=O)[C@@H]1C[C@@H]2CN1C(=O)[C@H](C1CCCC1)CC(=O)OCCCCCc1cc3c(nccc3cc1OC)O2)P(=O)(O)O. The molecular weight excluding hydrogens is 1910 g/mol. The maximum absolute atomic E-state index is 14.6. The highest BCUT2D eigenvalue weighted by Gasteiger charge is 2.69. The zero-order valence-corrected chi connectivity index (χ0v) is 87.1. The van der Waals surface area contributed by atoms with Crippen molar-refractivity contribution in [1.29, 1.82) is 0 Å². The number of Topliss-reactive ketones (excluding diaryl/α,β-unsaturated/α-hetero) is 3. The zero-order chi connectivity index (χ0) is 103. The molecular formula is C108H145N6O27P3. The van der Waals surface area contributed by atoms with Crippen LogP contribution in [0.15, 0.2) is 85.8 Å². The topological polar surface area (TPSA) is 458 Å². The predicted molar refractivity (Wildman–Crippen MR) is 536 cm³/mol. The fraction of sp³-hybridized carbons (Fsp3) is 0.648. The Labute approximate surface area is 842 Å². The number of ether oxygens (including phenoxy) is 9. The number of pyridine rings is 3. The maximum Gasteiger partial charge on any atom is 0.332 e. The fourth-order valence-electron chi connectivity index (χ4n) is 25.2. The molecule has 6 saturated carbocycles. The fourth-order valence-corrected chi connectivity index (χ4v) is 29.5. The first-order valence-corrected chi connectivity index (χ1v) is 57.2. The third-order valence-corrected chi connectivity index (χ3v) is 39.5. The number of methoxy groups -OCH3 is 3. The molecule has 16 atom stereocenters. The second kappa shape index (κ2) is 45.0. The minimum Gasteiger partial charge on any atom is -0.496 e. The summed E-state index contributed by atoms with van der Waals surface area (Å²) < 4.78 is 91.8. The standard InChI is InChI=1S/C37H51N2O9P.C36H47N2O9P.C35H47N2O9P/c1-5-26-19-37(26,49(43,44)45)20-31(40)30-17-27-21-39(30)35(42)29(23-9-6-7-10-23)18-33(41)47-22-36(2,3)13-8-11-25-15-28-24(16-32(25)46-4)12-14-38-34(28)48-27;1-4-26-18-36(26,48(42,43)44)19-31(39)30-16-27-20-38(30)35(41)29(23-9-5-6-10-23)17-33(40)46-21-22(2)8-7-11-25-14-28-24(15-32(25)45-3)12-13-37-34(28)47-27;1-3-25-19-35(25,47(41,42)43)20-30(38)29-17-26-21-37(29)34(40)28(22-9-6-7-10-22)18-32(39)45-14-8-4-5-11-24-15-27-23(16-31(24)44-2)12-13-36-33(27)46-26/h12,14-16,23,26-27,29-30H,5-11,13,17-22H2,1-4H3,(H2,43,44,45);4,12-15,22-23,26-27,29-30H,1,5-11,16-21H2,2-3H3,(H2,42,43,44);12-13,15-16,22,25-26,28-29H,3-11,14,17-21H2,1-2H3,(H2,41,42,43)/t26?,27-,29+,30+,37?;22-,26?,27-,29+,30+,36?;25?,26-,28+,29+,35?/m111/s1. The molecule has 144 heavy (non-hydrogen) atoms. The number of hydrogen-bond acceptors (Lipinski definition) is 24. The van der Waals surface area contributed by atoms with Gasteiger partial charge in [0.1, 0.15) is 35.6 Å². The monoisotopic (exact) mass is 2050 g/mol. The number of carbonyl (C=O) groups excluding carboxylic acids is 9. The number of carbonyl (C=O) groups is 9. The third-order valence-electron chi connectivity index (χ3n) is 33.9. The van der Waals surface area contributed by atoms with Crippen LogP contribution >= 0.6 is 22.8 Å². The van der Waals surface area contributed by atoms with Gasteiger partial charge in [-0.3, -0.25) is 56.8 Å². The van der Waals surface area contributed by atoms with Crippen LogP contribution < -0.4 is 28.4 Å². The second-order valence-electron chi connectivity index (χ2n) is 43.9. The van der Waals surface area contributed by atoms with Crippen LogP contribution in [-0.4, -0.2) is 225 Å². The summed E-state index contributed by atoms with van der Waals surface area (Å²) in [4.78, 5) is 206. The number of aromatic nitrogens is 3. The molecule has 6 aliphatic carbocycles. The van der Waals surface area contributed by atoms with E-state index in [9.17, 15) is 86.2 Å². The summed E-state index contributed by atoms with van der Waals surface area (Å²) in [5.41, 5.74) is 2.70. The lowest BCUT2D eigenvalue weighted by Gasteiger charge is -2.31. The summed E-state index contributed by atoms with van der Waals surface area (Å²) in [6.07, 6.45) is 24.4. The molecule has 6 aliphatic heterocycles. The number of benzene rings is 3. The van der Waals surface area contributed by atoms with Gasteiger partial charge in [-0.25, -0.2) is 15.0 Å². The number of aryl methyl sites for hydroxylation is 3. The molecule has 3 aromatic carbocycles. The zero-order valence-electron chi connectivity index (χ0n) is 84.4. The first-order valence-electron chi connectivity index (χ1n) is 52.4. The number of esters is 3. The van der Waals surface area contributed by atoms with Crippen molar-refractivity contribution in [2.45, 2.75) is 318 Å². The van der Waals surface area contributed by atoms with Gasteiger partial charge in [-0.2, -0.15) is 0 Å². The van der Waals surface area contributed by atoms with Crippen LogP contribution in [0.25, 0.3) is 32.3 Å². The second-order valence-corrected chi connectivity index (χ2v) is 49.9. The molecule has 784 valence electrons. The number of amides is 3. The molecule has 0 spiro atoms. The van der Waals surface area contributed by atoms with Gasteiger partial charge in [-0.1, -0.05) is 92.1 Å². The van der Waals surface area contributed by atoms with E-state index in [1.165, 1.54) is 20.8 Å². The lowest BCUT2D eigenvalue weighted by Crippen LogP contribution is -2.46. The highest BCUT2D eigenvalue weighted by molar-refractivity contribution is 7.54. The molecule has 0 radical (unpaired) electrons. The number of ketones is 3. The largest absolute Gasteiger partial charge is 0.496 e. The lowest BCUT2D eigenvalue weighted by molar-refractivity contribution is -0.153. The van der Waals surface area contributed by atoms with Crippen molar-refractivity contribution < 1.29 is 129 Å². The van der Waals surface area contributed by atoms with Gasteiger partial charge in [0.25, 0.3) is 0 Å². The normalized spacial score (nSPS) is 29.8. The number of fused-ring (bicyclic) bond motifs is 9. The molecule has 3 saturated heterocycles. The average Bonchev–Trinajstić information content (AvgIpc) is 1.57. The average molecular weight is 2050 g/mol. The van der Waals surface area contributed by atoms with E-state index >= 15 is 0 Å². The Bertz CT molecular complexity index is 5920. The van der Waals surface area contributed by atoms with E-state index in [1.54, 1.807) is 39.9 Å². The van der Waals surface area contributed by atoms with Crippen molar-refractivity contribution >= 4 is 108 Å². The van der Waals surface area contributed by atoms with Crippen LogP contribution in [0.5, 0.6) is 34.9 Å². The predicted octanol–water partition coefficient (Wildman–Crippen LogP) is 16.7. The van der Waals surface area contributed by atoms with Crippen molar-refractivity contribution in [3.63, 3.8) is 0 Å². The Morgan fingerprint density at radius 2 is 0.812 bits per heavy atom. The van der Waals surface area contributed by atoms with Gasteiger partial charge in [0, 0.05) is 73.3 Å². The van der Waals surface area contributed by atoms with Crippen molar-refractivity contribution in [3.8, 4) is 34.9 Å². The van der Waals surface area contributed by atoms with Crippen LogP contribution in [0.1, 0.15) is 263 Å². The molecule has 33 nitrogen and oxygen atoms in total. The minimum absolute atomic E-state index is 0.00107. The van der Waals surface area contributed by atoms with E-state index in [1.807, 2.05) is 75.4 Å². The van der Waals surface area contributed by atoms with Crippen molar-refractivity contribution in [3.05, 3.63) is 103 Å². The van der Waals surface area contributed by atoms with Crippen LogP contribution in [0.2, 0.25) is 0 Å². The number of rotatable bonds is 21. The van der Waals surface area contributed by atoms with E-state index < -0.39 is 122 Å². The number of hydrogen-bond donors (Lipinski definition) is 6. The molecule has 12 bridgehead atoms. The quantitative estimate of drug-likeness (QED) is 0.0169. The van der Waals surface area contributed by atoms with Gasteiger partial charge >= 0.3 is 40.7 Å². The lowest BCUT2D eigenvalue weighted by atomic mass is 9.86. The van der Waals surface area contributed by atoms with Crippen molar-refractivity contribution in [1.82, 2.24) is 29.7 Å². The first-order chi connectivity index (χ1) is 68.7. The van der Waals surface area contributed by atoms with Gasteiger partial charge in [0.05, 0.1) is 131 Å².